The Morgan fingerprint density at radius 2 is 1.98 bits per heavy atom. The summed E-state index contributed by atoms with van der Waals surface area (Å²) < 4.78 is 25.2. The number of aliphatic hydroxyl groups is 1. The van der Waals surface area contributed by atoms with Crippen molar-refractivity contribution >= 4 is 23.3 Å². The summed E-state index contributed by atoms with van der Waals surface area (Å²) in [4.78, 5) is 36.9. The summed E-state index contributed by atoms with van der Waals surface area (Å²) in [6.07, 6.45) is 5.01. The van der Waals surface area contributed by atoms with Crippen molar-refractivity contribution in [1.82, 2.24) is 19.4 Å². The fraction of sp³-hybridized carbons (Fsp3) is 0.303. The van der Waals surface area contributed by atoms with E-state index in [9.17, 15) is 20.0 Å². The lowest BCUT2D eigenvalue weighted by atomic mass is 9.84. The lowest BCUT2D eigenvalue weighted by Crippen LogP contribution is -2.48. The molecule has 4 aromatic rings. The monoisotopic (exact) mass is 613 g/mol. The van der Waals surface area contributed by atoms with Crippen LogP contribution in [0.1, 0.15) is 76.6 Å². The number of hydrogen-bond donors (Lipinski definition) is 1. The van der Waals surface area contributed by atoms with Crippen molar-refractivity contribution in [2.24, 2.45) is 7.05 Å². The standard InChI is InChI=1S/C33H29ClFN5O4/c1-3-32(43,29-18-39(2)19-38-29)22-12-27-30(28(35)13-22)33(21-5-7-23(34)8-6-21,44-26-11-10-25(41)14-26)40(31(27)42)17-24-9-4-20(15-36)16-37-24/h4-9,12-13,16,18-19,26,43H,3,10-11,14,17H2,1-2H3/t26-,32-,33+/m0/s1. The van der Waals surface area contributed by atoms with Crippen LogP contribution in [0.15, 0.2) is 67.3 Å². The van der Waals surface area contributed by atoms with Gasteiger partial charge in [-0.3, -0.25) is 19.5 Å². The van der Waals surface area contributed by atoms with Crippen LogP contribution in [0.5, 0.6) is 0 Å². The Morgan fingerprint density at radius 3 is 2.57 bits per heavy atom. The van der Waals surface area contributed by atoms with Crippen molar-refractivity contribution in [1.29, 1.82) is 5.26 Å². The van der Waals surface area contributed by atoms with Crippen molar-refractivity contribution < 1.29 is 23.8 Å². The highest BCUT2D eigenvalue weighted by Gasteiger charge is 2.56. The molecule has 3 heterocycles. The molecular weight excluding hydrogens is 585 g/mol. The first-order chi connectivity index (χ1) is 21.1. The zero-order valence-electron chi connectivity index (χ0n) is 24.1. The maximum absolute atomic E-state index is 16.8. The highest BCUT2D eigenvalue weighted by molar-refractivity contribution is 6.30. The van der Waals surface area contributed by atoms with Gasteiger partial charge >= 0.3 is 0 Å². The minimum atomic E-state index is -1.79. The first kappa shape index (κ1) is 29.6. The van der Waals surface area contributed by atoms with Crippen molar-refractivity contribution in [3.8, 4) is 6.07 Å². The van der Waals surface area contributed by atoms with Crippen molar-refractivity contribution in [3.05, 3.63) is 117 Å². The van der Waals surface area contributed by atoms with E-state index in [4.69, 9.17) is 16.3 Å². The fourth-order valence-electron chi connectivity index (χ4n) is 6.16. The molecule has 0 radical (unpaired) electrons. The van der Waals surface area contributed by atoms with Crippen LogP contribution in [0.4, 0.5) is 4.39 Å². The molecule has 9 nitrogen and oxygen atoms in total. The number of rotatable bonds is 8. The summed E-state index contributed by atoms with van der Waals surface area (Å²) in [5.41, 5.74) is -1.78. The molecule has 6 rings (SSSR count). The maximum atomic E-state index is 16.8. The zero-order valence-corrected chi connectivity index (χ0v) is 24.9. The third-order valence-corrected chi connectivity index (χ3v) is 8.70. The molecule has 3 atom stereocenters. The SMILES string of the molecule is CC[C@](O)(c1cc(F)c2c(c1)C(=O)N(Cc1ccc(C#N)cn1)[C@@]2(O[C@H]1CCC(=O)C1)c1ccc(Cl)cc1)c1cn(C)cn1. The number of amides is 1. The van der Waals surface area contributed by atoms with Gasteiger partial charge in [-0.15, -0.1) is 0 Å². The van der Waals surface area contributed by atoms with Gasteiger partial charge in [0, 0.05) is 42.9 Å². The molecule has 0 saturated heterocycles. The van der Waals surface area contributed by atoms with E-state index in [0.717, 1.165) is 0 Å². The van der Waals surface area contributed by atoms with E-state index in [0.29, 0.717) is 40.4 Å². The third-order valence-electron chi connectivity index (χ3n) is 8.45. The van der Waals surface area contributed by atoms with Gasteiger partial charge in [0.2, 0.25) is 5.72 Å². The second kappa shape index (κ2) is 11.2. The average Bonchev–Trinajstić information content (AvgIpc) is 3.71. The lowest BCUT2D eigenvalue weighted by molar-refractivity contribution is -0.149. The summed E-state index contributed by atoms with van der Waals surface area (Å²) in [6, 6.07) is 14.6. The number of aryl methyl sites for hydroxylation is 1. The number of aromatic nitrogens is 3. The summed E-state index contributed by atoms with van der Waals surface area (Å²) >= 11 is 6.24. The Labute approximate surface area is 258 Å². The van der Waals surface area contributed by atoms with Crippen LogP contribution in [0.3, 0.4) is 0 Å². The number of ether oxygens (including phenoxy) is 1. The van der Waals surface area contributed by atoms with E-state index in [1.54, 1.807) is 67.5 Å². The van der Waals surface area contributed by atoms with E-state index >= 15 is 4.39 Å². The van der Waals surface area contributed by atoms with Gasteiger partial charge in [0.25, 0.3) is 5.91 Å². The van der Waals surface area contributed by atoms with Gasteiger partial charge in [0.15, 0.2) is 0 Å². The highest BCUT2D eigenvalue weighted by Crippen LogP contribution is 2.50. The molecule has 0 unspecified atom stereocenters. The molecule has 2 aliphatic rings. The fourth-order valence-corrected chi connectivity index (χ4v) is 6.29. The first-order valence-electron chi connectivity index (χ1n) is 14.3. The summed E-state index contributed by atoms with van der Waals surface area (Å²) in [6.45, 7) is 1.65. The maximum Gasteiger partial charge on any atom is 0.257 e. The molecule has 0 bridgehead atoms. The molecule has 1 aliphatic carbocycles. The van der Waals surface area contributed by atoms with E-state index < -0.39 is 29.2 Å². The van der Waals surface area contributed by atoms with Crippen LogP contribution < -0.4 is 0 Å². The predicted molar refractivity (Wildman–Crippen MR) is 158 cm³/mol. The molecule has 44 heavy (non-hydrogen) atoms. The number of hydrogen-bond acceptors (Lipinski definition) is 7. The Balaban J connectivity index is 1.58. The topological polar surface area (TPSA) is 121 Å². The van der Waals surface area contributed by atoms with E-state index in [1.165, 1.54) is 23.2 Å². The van der Waals surface area contributed by atoms with Crippen LogP contribution in [-0.4, -0.2) is 42.3 Å². The van der Waals surface area contributed by atoms with Crippen LogP contribution in [0.2, 0.25) is 5.02 Å². The number of ketones is 1. The smallest absolute Gasteiger partial charge is 0.257 e. The van der Waals surface area contributed by atoms with Crippen LogP contribution in [0, 0.1) is 17.1 Å². The summed E-state index contributed by atoms with van der Waals surface area (Å²) in [5, 5.41) is 21.5. The molecule has 2 aromatic carbocycles. The number of pyridine rings is 1. The second-order valence-electron chi connectivity index (χ2n) is 11.2. The molecule has 11 heteroatoms. The van der Waals surface area contributed by atoms with Crippen LogP contribution in [0.25, 0.3) is 0 Å². The summed E-state index contributed by atoms with van der Waals surface area (Å²) in [7, 11) is 1.76. The molecular formula is C33H29ClFN5O4. The summed E-state index contributed by atoms with van der Waals surface area (Å²) in [5.74, 6) is -1.29. The Bertz CT molecular complexity index is 1800. The zero-order chi connectivity index (χ0) is 31.2. The number of Topliss-reactive ketones (excluding diaryl/α,β-unsaturated/α-hetero) is 1. The largest absolute Gasteiger partial charge is 0.379 e. The number of nitrogens with zero attached hydrogens (tertiary/aromatic N) is 5. The number of fused-ring (bicyclic) bond motifs is 1. The number of halogens is 2. The molecule has 0 spiro atoms. The highest BCUT2D eigenvalue weighted by atomic mass is 35.5. The van der Waals surface area contributed by atoms with E-state index in [-0.39, 0.29) is 41.9 Å². The molecule has 1 N–H and O–H groups in total. The Morgan fingerprint density at radius 1 is 1.20 bits per heavy atom. The average molecular weight is 614 g/mol. The van der Waals surface area contributed by atoms with Gasteiger partial charge in [0.05, 0.1) is 47.1 Å². The number of carbonyl (C=O) groups is 2. The van der Waals surface area contributed by atoms with Crippen molar-refractivity contribution in [2.75, 3.05) is 0 Å². The second-order valence-corrected chi connectivity index (χ2v) is 11.7. The lowest BCUT2D eigenvalue weighted by Gasteiger charge is -2.41. The molecule has 1 aliphatic heterocycles. The van der Waals surface area contributed by atoms with Gasteiger partial charge < -0.3 is 14.4 Å². The number of carbonyl (C=O) groups excluding carboxylic acids is 2. The first-order valence-corrected chi connectivity index (χ1v) is 14.6. The quantitative estimate of drug-likeness (QED) is 0.293. The van der Waals surface area contributed by atoms with Gasteiger partial charge in [-0.25, -0.2) is 9.37 Å². The van der Waals surface area contributed by atoms with Crippen LogP contribution in [-0.2, 0) is 34.4 Å². The van der Waals surface area contributed by atoms with Crippen LogP contribution >= 0.6 is 11.6 Å². The normalized spacial score (nSPS) is 20.9. The third kappa shape index (κ3) is 4.87. The molecule has 1 fully saturated rings. The molecule has 1 saturated carbocycles. The van der Waals surface area contributed by atoms with Gasteiger partial charge in [-0.1, -0.05) is 30.7 Å². The molecule has 2 aromatic heterocycles. The van der Waals surface area contributed by atoms with Gasteiger partial charge in [0.1, 0.15) is 23.3 Å². The minimum Gasteiger partial charge on any atom is -0.379 e. The minimum absolute atomic E-state index is 0.00993. The Kier molecular flexibility index (Phi) is 7.58. The molecule has 224 valence electrons. The number of imidazole rings is 1. The molecule has 1 amide bonds. The van der Waals surface area contributed by atoms with Gasteiger partial charge in [-0.05, 0) is 54.8 Å². The number of nitriles is 1. The van der Waals surface area contributed by atoms with E-state index in [2.05, 4.69) is 9.97 Å². The van der Waals surface area contributed by atoms with Crippen molar-refractivity contribution in [3.63, 3.8) is 0 Å². The predicted octanol–water partition coefficient (Wildman–Crippen LogP) is 5.12. The Hall–Kier alpha value is -4.43. The number of benzene rings is 2. The van der Waals surface area contributed by atoms with Gasteiger partial charge in [-0.2, -0.15) is 5.26 Å². The van der Waals surface area contributed by atoms with E-state index in [1.807, 2.05) is 6.07 Å². The van der Waals surface area contributed by atoms with Crippen molar-refractivity contribution in [2.45, 2.75) is 56.6 Å².